The van der Waals surface area contributed by atoms with Crippen LogP contribution in [0.4, 0.5) is 0 Å². The molecule has 28 heavy (non-hydrogen) atoms. The van der Waals surface area contributed by atoms with E-state index in [1.54, 1.807) is 7.11 Å². The molecule has 0 saturated heterocycles. The molecule has 4 nitrogen and oxygen atoms in total. The van der Waals surface area contributed by atoms with Gasteiger partial charge in [-0.25, -0.2) is 5.43 Å². The second-order valence-corrected chi connectivity index (χ2v) is 7.45. The third kappa shape index (κ3) is 3.77. The number of fused-ring (bicyclic) bond motifs is 2. The summed E-state index contributed by atoms with van der Waals surface area (Å²) >= 11 is 0. The Labute approximate surface area is 165 Å². The Bertz CT molecular complexity index is 1050. The van der Waals surface area contributed by atoms with E-state index in [0.29, 0.717) is 12.3 Å². The number of hydrogen-bond donors (Lipinski definition) is 1. The van der Waals surface area contributed by atoms with Crippen LogP contribution < -0.4 is 10.2 Å². The maximum Gasteiger partial charge on any atom is 0.244 e. The molecule has 1 aliphatic carbocycles. The molecule has 142 valence electrons. The Kier molecular flexibility index (Phi) is 5.11. The zero-order valence-electron chi connectivity index (χ0n) is 16.2. The molecule has 1 amide bonds. The van der Waals surface area contributed by atoms with Crippen molar-refractivity contribution in [3.05, 3.63) is 77.4 Å². The van der Waals surface area contributed by atoms with Crippen LogP contribution in [0.15, 0.2) is 65.8 Å². The minimum absolute atomic E-state index is 0.0999. The molecule has 1 aliphatic rings. The predicted octanol–water partition coefficient (Wildman–Crippen LogP) is 4.49. The number of nitrogens with one attached hydrogen (secondary N) is 1. The lowest BCUT2D eigenvalue weighted by atomic mass is 9.83. The molecule has 3 aromatic carbocycles. The topological polar surface area (TPSA) is 50.7 Å². The fourth-order valence-corrected chi connectivity index (χ4v) is 3.93. The highest BCUT2D eigenvalue weighted by atomic mass is 16.5. The number of amides is 1. The standard InChI is InChI=1S/C24H24N2O2/c1-16-12-19-14-20(28-2)10-11-22(19)23(13-16)25-26-24(27)15-18-8-5-7-17-6-3-4-9-21(17)18/h3-11,14,16H,12-13,15H2,1-2H3,(H,26,27)/b25-23-/t16-/m1/s1. The molecule has 1 atom stereocenters. The van der Waals surface area contributed by atoms with Crippen LogP contribution in [-0.2, 0) is 17.6 Å². The van der Waals surface area contributed by atoms with Crippen molar-refractivity contribution in [1.82, 2.24) is 5.43 Å². The largest absolute Gasteiger partial charge is 0.497 e. The summed E-state index contributed by atoms with van der Waals surface area (Å²) in [6, 6.07) is 20.2. The lowest BCUT2D eigenvalue weighted by Gasteiger charge is -2.23. The fourth-order valence-electron chi connectivity index (χ4n) is 3.93. The molecule has 4 rings (SSSR count). The van der Waals surface area contributed by atoms with Gasteiger partial charge in [0.1, 0.15) is 5.75 Å². The number of rotatable bonds is 4. The van der Waals surface area contributed by atoms with Gasteiger partial charge in [-0.2, -0.15) is 5.10 Å². The molecule has 0 saturated carbocycles. The van der Waals surface area contributed by atoms with Crippen LogP contribution in [0.2, 0.25) is 0 Å². The van der Waals surface area contributed by atoms with E-state index in [-0.39, 0.29) is 5.91 Å². The third-order valence-corrected chi connectivity index (χ3v) is 5.28. The molecule has 0 fully saturated rings. The highest BCUT2D eigenvalue weighted by Gasteiger charge is 2.21. The van der Waals surface area contributed by atoms with Crippen molar-refractivity contribution in [3.8, 4) is 5.75 Å². The molecule has 0 bridgehead atoms. The van der Waals surface area contributed by atoms with Gasteiger partial charge in [-0.15, -0.1) is 0 Å². The molecule has 0 unspecified atom stereocenters. The van der Waals surface area contributed by atoms with Gasteiger partial charge in [0.05, 0.1) is 19.2 Å². The van der Waals surface area contributed by atoms with E-state index in [0.717, 1.165) is 46.2 Å². The Hall–Kier alpha value is -3.14. The van der Waals surface area contributed by atoms with Gasteiger partial charge in [0.15, 0.2) is 0 Å². The fraction of sp³-hybridized carbons (Fsp3) is 0.250. The number of hydrazone groups is 1. The van der Waals surface area contributed by atoms with Crippen molar-refractivity contribution in [2.45, 2.75) is 26.2 Å². The lowest BCUT2D eigenvalue weighted by Crippen LogP contribution is -2.25. The summed E-state index contributed by atoms with van der Waals surface area (Å²) < 4.78 is 5.34. The Morgan fingerprint density at radius 2 is 1.93 bits per heavy atom. The predicted molar refractivity (Wildman–Crippen MR) is 113 cm³/mol. The summed E-state index contributed by atoms with van der Waals surface area (Å²) in [5, 5.41) is 6.73. The van der Waals surface area contributed by atoms with Crippen molar-refractivity contribution >= 4 is 22.4 Å². The summed E-state index contributed by atoms with van der Waals surface area (Å²) in [6.07, 6.45) is 2.16. The van der Waals surface area contributed by atoms with Gasteiger partial charge in [-0.05, 0) is 58.9 Å². The number of hydrogen-bond acceptors (Lipinski definition) is 3. The molecule has 4 heteroatoms. The number of ether oxygens (including phenoxy) is 1. The third-order valence-electron chi connectivity index (χ3n) is 5.28. The molecule has 0 radical (unpaired) electrons. The second kappa shape index (κ2) is 7.85. The van der Waals surface area contributed by atoms with Gasteiger partial charge >= 0.3 is 0 Å². The molecule has 0 spiro atoms. The van der Waals surface area contributed by atoms with Crippen molar-refractivity contribution in [2.24, 2.45) is 11.0 Å². The maximum absolute atomic E-state index is 12.6. The smallest absolute Gasteiger partial charge is 0.244 e. The van der Waals surface area contributed by atoms with Crippen LogP contribution in [0, 0.1) is 5.92 Å². The van der Waals surface area contributed by atoms with Gasteiger partial charge < -0.3 is 4.74 Å². The van der Waals surface area contributed by atoms with Crippen LogP contribution in [-0.4, -0.2) is 18.7 Å². The van der Waals surface area contributed by atoms with Crippen molar-refractivity contribution < 1.29 is 9.53 Å². The van der Waals surface area contributed by atoms with Crippen LogP contribution >= 0.6 is 0 Å². The summed E-state index contributed by atoms with van der Waals surface area (Å²) in [5.74, 6) is 1.23. The first-order valence-electron chi connectivity index (χ1n) is 9.63. The summed E-state index contributed by atoms with van der Waals surface area (Å²) in [5.41, 5.74) is 7.04. The Morgan fingerprint density at radius 3 is 2.79 bits per heavy atom. The maximum atomic E-state index is 12.6. The normalized spacial score (nSPS) is 17.4. The van der Waals surface area contributed by atoms with Gasteiger partial charge in [-0.1, -0.05) is 49.4 Å². The molecule has 0 aliphatic heterocycles. The van der Waals surface area contributed by atoms with Crippen LogP contribution in [0.5, 0.6) is 5.75 Å². The minimum Gasteiger partial charge on any atom is -0.497 e. The van der Waals surface area contributed by atoms with Crippen molar-refractivity contribution in [2.75, 3.05) is 7.11 Å². The Balaban J connectivity index is 1.53. The highest BCUT2D eigenvalue weighted by Crippen LogP contribution is 2.29. The lowest BCUT2D eigenvalue weighted by molar-refractivity contribution is -0.120. The van der Waals surface area contributed by atoms with Gasteiger partial charge in [0, 0.05) is 5.56 Å². The average molecular weight is 372 g/mol. The van der Waals surface area contributed by atoms with E-state index in [1.807, 2.05) is 36.4 Å². The van der Waals surface area contributed by atoms with Gasteiger partial charge in [-0.3, -0.25) is 4.79 Å². The number of methoxy groups -OCH3 is 1. The van der Waals surface area contributed by atoms with Crippen LogP contribution in [0.3, 0.4) is 0 Å². The molecule has 0 heterocycles. The molecular formula is C24H24N2O2. The van der Waals surface area contributed by atoms with E-state index < -0.39 is 0 Å². The first-order chi connectivity index (χ1) is 13.6. The molecule has 1 N–H and O–H groups in total. The molecule has 0 aromatic heterocycles. The highest BCUT2D eigenvalue weighted by molar-refractivity contribution is 6.03. The van der Waals surface area contributed by atoms with Gasteiger partial charge in [0.25, 0.3) is 0 Å². The van der Waals surface area contributed by atoms with Crippen LogP contribution in [0.25, 0.3) is 10.8 Å². The van der Waals surface area contributed by atoms with E-state index in [1.165, 1.54) is 5.56 Å². The number of carbonyl (C=O) groups is 1. The van der Waals surface area contributed by atoms with E-state index in [9.17, 15) is 4.79 Å². The van der Waals surface area contributed by atoms with Crippen molar-refractivity contribution in [1.29, 1.82) is 0 Å². The zero-order chi connectivity index (χ0) is 19.5. The first kappa shape index (κ1) is 18.2. The first-order valence-corrected chi connectivity index (χ1v) is 9.63. The minimum atomic E-state index is -0.0999. The van der Waals surface area contributed by atoms with Gasteiger partial charge in [0.2, 0.25) is 5.91 Å². The zero-order valence-corrected chi connectivity index (χ0v) is 16.2. The quantitative estimate of drug-likeness (QED) is 0.686. The number of nitrogens with zero attached hydrogens (tertiary/aromatic N) is 1. The van der Waals surface area contributed by atoms with E-state index >= 15 is 0 Å². The van der Waals surface area contributed by atoms with Crippen LogP contribution in [0.1, 0.15) is 30.0 Å². The summed E-state index contributed by atoms with van der Waals surface area (Å²) in [4.78, 5) is 12.6. The summed E-state index contributed by atoms with van der Waals surface area (Å²) in [7, 11) is 1.68. The van der Waals surface area contributed by atoms with E-state index in [2.05, 4.69) is 41.7 Å². The average Bonchev–Trinajstić information content (AvgIpc) is 2.71. The number of carbonyl (C=O) groups excluding carboxylic acids is 1. The van der Waals surface area contributed by atoms with E-state index in [4.69, 9.17) is 4.74 Å². The molecule has 3 aromatic rings. The number of benzene rings is 3. The van der Waals surface area contributed by atoms with Crippen molar-refractivity contribution in [3.63, 3.8) is 0 Å². The SMILES string of the molecule is COc1ccc2c(c1)C[C@@H](C)C/C2=N/NC(=O)Cc1cccc2ccccc12. The molecular weight excluding hydrogens is 348 g/mol. The summed E-state index contributed by atoms with van der Waals surface area (Å²) in [6.45, 7) is 2.20. The monoisotopic (exact) mass is 372 g/mol. The second-order valence-electron chi connectivity index (χ2n) is 7.45. The Morgan fingerprint density at radius 1 is 1.11 bits per heavy atom.